The topological polar surface area (TPSA) is 38.7 Å². The predicted octanol–water partition coefficient (Wildman–Crippen LogP) is 1.20. The molecule has 1 aliphatic rings. The van der Waals surface area contributed by atoms with Crippen molar-refractivity contribution in [2.75, 3.05) is 20.3 Å². The van der Waals surface area contributed by atoms with Crippen molar-refractivity contribution in [3.63, 3.8) is 0 Å². The summed E-state index contributed by atoms with van der Waals surface area (Å²) in [4.78, 5) is 0. The molecule has 0 aliphatic carbocycles. The van der Waals surface area contributed by atoms with Crippen LogP contribution in [0, 0.1) is 5.92 Å². The van der Waals surface area contributed by atoms with Crippen molar-refractivity contribution in [3.8, 4) is 0 Å². The van der Waals surface area contributed by atoms with Crippen molar-refractivity contribution >= 4 is 0 Å². The third kappa shape index (κ3) is 3.25. The molecule has 0 aromatic heterocycles. The van der Waals surface area contributed by atoms with Crippen molar-refractivity contribution in [2.24, 2.45) is 5.92 Å². The highest BCUT2D eigenvalue weighted by atomic mass is 16.5. The van der Waals surface area contributed by atoms with Gasteiger partial charge in [0.25, 0.3) is 0 Å². The summed E-state index contributed by atoms with van der Waals surface area (Å²) in [7, 11) is 1.71. The van der Waals surface area contributed by atoms with Gasteiger partial charge in [0, 0.05) is 19.6 Å². The van der Waals surface area contributed by atoms with Crippen LogP contribution in [0.5, 0.6) is 0 Å². The Morgan fingerprint density at radius 3 is 2.85 bits per heavy atom. The van der Waals surface area contributed by atoms with Gasteiger partial charge in [0.05, 0.1) is 18.8 Å². The van der Waals surface area contributed by atoms with Crippen molar-refractivity contribution in [1.82, 2.24) is 0 Å². The first kappa shape index (κ1) is 11.0. The van der Waals surface area contributed by atoms with E-state index >= 15 is 0 Å². The van der Waals surface area contributed by atoms with Crippen molar-refractivity contribution < 1.29 is 14.6 Å². The molecule has 1 fully saturated rings. The average molecular weight is 188 g/mol. The number of aliphatic hydroxyl groups is 1. The molecular formula is C10H20O3. The fourth-order valence-corrected chi connectivity index (χ4v) is 1.76. The van der Waals surface area contributed by atoms with E-state index in [0.717, 1.165) is 32.5 Å². The van der Waals surface area contributed by atoms with E-state index in [1.165, 1.54) is 0 Å². The van der Waals surface area contributed by atoms with Crippen LogP contribution >= 0.6 is 0 Å². The number of methoxy groups -OCH3 is 1. The smallest absolute Gasteiger partial charge is 0.0646 e. The monoisotopic (exact) mass is 188 g/mol. The first-order valence-electron chi connectivity index (χ1n) is 5.06. The molecule has 13 heavy (non-hydrogen) atoms. The molecule has 78 valence electrons. The number of aliphatic hydroxyl groups excluding tert-OH is 1. The normalized spacial score (nSPS) is 27.5. The quantitative estimate of drug-likeness (QED) is 0.704. The molecule has 0 saturated carbocycles. The van der Waals surface area contributed by atoms with E-state index in [1.807, 2.05) is 6.92 Å². The molecule has 3 heteroatoms. The molecule has 0 radical (unpaired) electrons. The molecule has 1 heterocycles. The first-order chi connectivity index (χ1) is 6.27. The zero-order valence-corrected chi connectivity index (χ0v) is 8.53. The molecule has 3 unspecified atom stereocenters. The summed E-state index contributed by atoms with van der Waals surface area (Å²) in [6.45, 7) is 3.62. The highest BCUT2D eigenvalue weighted by Crippen LogP contribution is 2.22. The summed E-state index contributed by atoms with van der Waals surface area (Å²) in [6.07, 6.45) is 2.53. The lowest BCUT2D eigenvalue weighted by molar-refractivity contribution is 0.00473. The summed E-state index contributed by atoms with van der Waals surface area (Å²) >= 11 is 0. The van der Waals surface area contributed by atoms with Crippen molar-refractivity contribution in [1.29, 1.82) is 0 Å². The lowest BCUT2D eigenvalue weighted by Gasteiger charge is -2.22. The standard InChI is InChI=1S/C10H20O3/c1-3-9(11)6-10(12-2)8-4-5-13-7-8/h8-11H,3-7H2,1-2H3. The van der Waals surface area contributed by atoms with Crippen LogP contribution in [0.25, 0.3) is 0 Å². The Labute approximate surface area is 80.0 Å². The highest BCUT2D eigenvalue weighted by molar-refractivity contribution is 4.76. The Morgan fingerprint density at radius 1 is 1.62 bits per heavy atom. The minimum absolute atomic E-state index is 0.164. The Hall–Kier alpha value is -0.120. The van der Waals surface area contributed by atoms with Gasteiger partial charge in [-0.2, -0.15) is 0 Å². The molecule has 0 aromatic carbocycles. The van der Waals surface area contributed by atoms with Gasteiger partial charge in [-0.25, -0.2) is 0 Å². The Balaban J connectivity index is 2.32. The predicted molar refractivity (Wildman–Crippen MR) is 50.6 cm³/mol. The van der Waals surface area contributed by atoms with Gasteiger partial charge in [-0.3, -0.25) is 0 Å². The lowest BCUT2D eigenvalue weighted by Crippen LogP contribution is -2.27. The average Bonchev–Trinajstić information content (AvgIpc) is 2.66. The van der Waals surface area contributed by atoms with Crippen LogP contribution in [0.1, 0.15) is 26.2 Å². The van der Waals surface area contributed by atoms with Crippen LogP contribution in [0.2, 0.25) is 0 Å². The van der Waals surface area contributed by atoms with Crippen LogP contribution in [-0.4, -0.2) is 37.6 Å². The maximum atomic E-state index is 9.50. The van der Waals surface area contributed by atoms with Gasteiger partial charge in [0.2, 0.25) is 0 Å². The van der Waals surface area contributed by atoms with E-state index < -0.39 is 0 Å². The van der Waals surface area contributed by atoms with E-state index in [9.17, 15) is 5.11 Å². The molecule has 3 atom stereocenters. The number of ether oxygens (including phenoxy) is 2. The molecule has 0 amide bonds. The molecule has 0 aromatic rings. The fourth-order valence-electron chi connectivity index (χ4n) is 1.76. The first-order valence-corrected chi connectivity index (χ1v) is 5.06. The summed E-state index contributed by atoms with van der Waals surface area (Å²) < 4.78 is 10.7. The Kier molecular flexibility index (Phi) is 4.70. The zero-order valence-electron chi connectivity index (χ0n) is 8.53. The summed E-state index contributed by atoms with van der Waals surface area (Å²) in [5, 5.41) is 9.50. The maximum absolute atomic E-state index is 9.50. The largest absolute Gasteiger partial charge is 0.393 e. The molecule has 1 saturated heterocycles. The molecular weight excluding hydrogens is 168 g/mol. The number of hydrogen-bond acceptors (Lipinski definition) is 3. The van der Waals surface area contributed by atoms with Crippen LogP contribution < -0.4 is 0 Å². The Bertz CT molecular complexity index is 132. The van der Waals surface area contributed by atoms with Gasteiger partial charge >= 0.3 is 0 Å². The van der Waals surface area contributed by atoms with Gasteiger partial charge < -0.3 is 14.6 Å². The summed E-state index contributed by atoms with van der Waals surface area (Å²) in [5.74, 6) is 0.478. The van der Waals surface area contributed by atoms with Gasteiger partial charge in [-0.1, -0.05) is 6.92 Å². The van der Waals surface area contributed by atoms with Crippen LogP contribution in [0.3, 0.4) is 0 Å². The van der Waals surface area contributed by atoms with Crippen molar-refractivity contribution in [3.05, 3.63) is 0 Å². The van der Waals surface area contributed by atoms with Crippen molar-refractivity contribution in [2.45, 2.75) is 38.4 Å². The van der Waals surface area contributed by atoms with Crippen LogP contribution in [0.4, 0.5) is 0 Å². The van der Waals surface area contributed by atoms with E-state index in [2.05, 4.69) is 0 Å². The van der Waals surface area contributed by atoms with E-state index in [0.29, 0.717) is 5.92 Å². The SMILES string of the molecule is CCC(O)CC(OC)C1CCOC1. The van der Waals surface area contributed by atoms with Crippen LogP contribution in [0.15, 0.2) is 0 Å². The Morgan fingerprint density at radius 2 is 2.38 bits per heavy atom. The summed E-state index contributed by atoms with van der Waals surface area (Å²) in [6, 6.07) is 0. The van der Waals surface area contributed by atoms with E-state index in [-0.39, 0.29) is 12.2 Å². The van der Waals surface area contributed by atoms with Crippen LogP contribution in [-0.2, 0) is 9.47 Å². The third-order valence-electron chi connectivity index (χ3n) is 2.77. The fraction of sp³-hybridized carbons (Fsp3) is 1.00. The molecule has 0 bridgehead atoms. The van der Waals surface area contributed by atoms with Gasteiger partial charge in [-0.15, -0.1) is 0 Å². The molecule has 1 N–H and O–H groups in total. The van der Waals surface area contributed by atoms with E-state index in [4.69, 9.17) is 9.47 Å². The molecule has 1 rings (SSSR count). The zero-order chi connectivity index (χ0) is 9.68. The molecule has 3 nitrogen and oxygen atoms in total. The van der Waals surface area contributed by atoms with Gasteiger partial charge in [0.15, 0.2) is 0 Å². The lowest BCUT2D eigenvalue weighted by atomic mass is 9.96. The van der Waals surface area contributed by atoms with E-state index in [1.54, 1.807) is 7.11 Å². The minimum atomic E-state index is -0.231. The number of rotatable bonds is 5. The highest BCUT2D eigenvalue weighted by Gasteiger charge is 2.26. The second-order valence-electron chi connectivity index (χ2n) is 3.70. The van der Waals surface area contributed by atoms with Gasteiger partial charge in [-0.05, 0) is 19.3 Å². The third-order valence-corrected chi connectivity index (χ3v) is 2.77. The minimum Gasteiger partial charge on any atom is -0.393 e. The number of hydrogen-bond donors (Lipinski definition) is 1. The maximum Gasteiger partial charge on any atom is 0.0646 e. The second kappa shape index (κ2) is 5.58. The van der Waals surface area contributed by atoms with Gasteiger partial charge in [0.1, 0.15) is 0 Å². The molecule has 1 aliphatic heterocycles. The molecule has 0 spiro atoms. The summed E-state index contributed by atoms with van der Waals surface area (Å²) in [5.41, 5.74) is 0. The second-order valence-corrected chi connectivity index (χ2v) is 3.70.